The molecule has 0 saturated carbocycles. The quantitative estimate of drug-likeness (QED) is 0.502. The monoisotopic (exact) mass is 276 g/mol. The Morgan fingerprint density at radius 1 is 1.06 bits per heavy atom. The van der Waals surface area contributed by atoms with Crippen LogP contribution < -0.4 is 0 Å². The Morgan fingerprint density at radius 3 is 1.76 bits per heavy atom. The first-order valence-corrected chi connectivity index (χ1v) is 7.15. The first kappa shape index (κ1) is 16.7. The maximum atomic E-state index is 12.1. The molecule has 0 unspecified atom stereocenters. The molecular formula is C10H19F3O3S. The van der Waals surface area contributed by atoms with Crippen LogP contribution >= 0.6 is 0 Å². The van der Waals surface area contributed by atoms with Crippen molar-refractivity contribution >= 4 is 10.1 Å². The lowest BCUT2D eigenvalue weighted by Gasteiger charge is -2.17. The molecule has 0 radical (unpaired) electrons. The van der Waals surface area contributed by atoms with Gasteiger partial charge in [-0.2, -0.15) is 21.6 Å². The van der Waals surface area contributed by atoms with E-state index in [4.69, 9.17) is 0 Å². The Hall–Kier alpha value is -0.300. The van der Waals surface area contributed by atoms with Crippen LogP contribution in [0, 0.1) is 0 Å². The highest BCUT2D eigenvalue weighted by atomic mass is 32.2. The predicted molar refractivity (Wildman–Crippen MR) is 58.9 cm³/mol. The van der Waals surface area contributed by atoms with Crippen LogP contribution in [0.3, 0.4) is 0 Å². The Bertz CT molecular complexity index is 290. The van der Waals surface area contributed by atoms with Gasteiger partial charge in [0.05, 0.1) is 6.10 Å². The van der Waals surface area contributed by atoms with Crippen LogP contribution in [0.1, 0.15) is 52.4 Å². The van der Waals surface area contributed by atoms with E-state index in [1.807, 2.05) is 13.8 Å². The topological polar surface area (TPSA) is 43.4 Å². The molecule has 0 saturated heterocycles. The fraction of sp³-hybridized carbons (Fsp3) is 1.00. The van der Waals surface area contributed by atoms with Crippen molar-refractivity contribution in [1.29, 1.82) is 0 Å². The smallest absolute Gasteiger partial charge is 0.260 e. The van der Waals surface area contributed by atoms with Crippen molar-refractivity contribution in [2.24, 2.45) is 0 Å². The minimum atomic E-state index is -5.46. The lowest BCUT2D eigenvalue weighted by Crippen LogP contribution is -2.30. The van der Waals surface area contributed by atoms with E-state index in [9.17, 15) is 21.6 Å². The molecule has 0 aromatic heterocycles. The van der Waals surface area contributed by atoms with Crippen LogP contribution in [0.4, 0.5) is 13.2 Å². The summed E-state index contributed by atoms with van der Waals surface area (Å²) in [6, 6.07) is 0. The molecular weight excluding hydrogens is 257 g/mol. The molecule has 17 heavy (non-hydrogen) atoms. The van der Waals surface area contributed by atoms with Crippen molar-refractivity contribution in [3.05, 3.63) is 0 Å². The van der Waals surface area contributed by atoms with E-state index in [1.54, 1.807) is 0 Å². The maximum Gasteiger partial charge on any atom is 0.523 e. The zero-order valence-corrected chi connectivity index (χ0v) is 10.9. The molecule has 0 atom stereocenters. The van der Waals surface area contributed by atoms with Crippen LogP contribution in [0.2, 0.25) is 0 Å². The zero-order valence-electron chi connectivity index (χ0n) is 10.1. The van der Waals surface area contributed by atoms with Gasteiger partial charge in [0.25, 0.3) is 0 Å². The van der Waals surface area contributed by atoms with Gasteiger partial charge >= 0.3 is 15.6 Å². The van der Waals surface area contributed by atoms with Gasteiger partial charge in [-0.25, -0.2) is 0 Å². The Balaban J connectivity index is 4.51. The Labute approximate surface area is 100 Å². The third-order valence-corrected chi connectivity index (χ3v) is 3.40. The highest BCUT2D eigenvalue weighted by Gasteiger charge is 2.48. The van der Waals surface area contributed by atoms with E-state index in [-0.39, 0.29) is 0 Å². The van der Waals surface area contributed by atoms with Gasteiger partial charge < -0.3 is 0 Å². The van der Waals surface area contributed by atoms with Crippen LogP contribution in [0.25, 0.3) is 0 Å². The van der Waals surface area contributed by atoms with Crippen LogP contribution in [0.5, 0.6) is 0 Å². The van der Waals surface area contributed by atoms with Gasteiger partial charge in [0, 0.05) is 0 Å². The second-order valence-corrected chi connectivity index (χ2v) is 5.47. The van der Waals surface area contributed by atoms with Crippen molar-refractivity contribution < 1.29 is 25.8 Å². The van der Waals surface area contributed by atoms with Crippen molar-refractivity contribution in [1.82, 2.24) is 0 Å². The molecule has 0 aromatic carbocycles. The summed E-state index contributed by atoms with van der Waals surface area (Å²) >= 11 is 0. The van der Waals surface area contributed by atoms with Gasteiger partial charge in [0.2, 0.25) is 0 Å². The van der Waals surface area contributed by atoms with E-state index >= 15 is 0 Å². The molecule has 3 nitrogen and oxygen atoms in total. The summed E-state index contributed by atoms with van der Waals surface area (Å²) in [5, 5.41) is 0. The van der Waals surface area contributed by atoms with Gasteiger partial charge in [-0.3, -0.25) is 4.18 Å². The molecule has 0 N–H and O–H groups in total. The molecule has 7 heteroatoms. The summed E-state index contributed by atoms with van der Waals surface area (Å²) in [5.41, 5.74) is -5.33. The minimum absolute atomic E-state index is 0.339. The molecule has 0 aliphatic carbocycles. The lowest BCUT2D eigenvalue weighted by atomic mass is 10.1. The van der Waals surface area contributed by atoms with Crippen molar-refractivity contribution in [2.75, 3.05) is 0 Å². The zero-order chi connectivity index (χ0) is 13.5. The van der Waals surface area contributed by atoms with Crippen LogP contribution in [0.15, 0.2) is 0 Å². The third-order valence-electron chi connectivity index (χ3n) is 2.31. The van der Waals surface area contributed by atoms with Gasteiger partial charge in [-0.05, 0) is 12.8 Å². The summed E-state index contributed by atoms with van der Waals surface area (Å²) in [6.45, 7) is 3.77. The SMILES string of the molecule is CCCCC(CCCC)OS(=O)(=O)C(F)(F)F. The summed E-state index contributed by atoms with van der Waals surface area (Å²) in [7, 11) is -5.46. The molecule has 0 aliphatic heterocycles. The highest BCUT2D eigenvalue weighted by Crippen LogP contribution is 2.27. The number of hydrogen-bond donors (Lipinski definition) is 0. The molecule has 0 aromatic rings. The van der Waals surface area contributed by atoms with E-state index in [0.717, 1.165) is 12.8 Å². The summed E-state index contributed by atoms with van der Waals surface area (Å²) in [5.74, 6) is 0. The first-order chi connectivity index (χ1) is 7.74. The predicted octanol–water partition coefficient (Wildman–Crippen LogP) is 3.60. The second kappa shape index (κ2) is 7.20. The van der Waals surface area contributed by atoms with E-state index in [1.165, 1.54) is 0 Å². The standard InChI is InChI=1S/C10H19F3O3S/c1-3-5-7-9(8-6-4-2)16-17(14,15)10(11,12)13/h9H,3-8H2,1-2H3. The number of unbranched alkanes of at least 4 members (excludes halogenated alkanes) is 2. The molecule has 0 heterocycles. The molecule has 0 spiro atoms. The Morgan fingerprint density at radius 2 is 1.47 bits per heavy atom. The van der Waals surface area contributed by atoms with Gasteiger partial charge in [-0.15, -0.1) is 0 Å². The first-order valence-electron chi connectivity index (χ1n) is 5.74. The molecule has 104 valence electrons. The molecule has 0 rings (SSSR count). The van der Waals surface area contributed by atoms with Crippen LogP contribution in [-0.2, 0) is 14.3 Å². The molecule has 0 amide bonds. The van der Waals surface area contributed by atoms with Crippen LogP contribution in [-0.4, -0.2) is 20.0 Å². The number of hydrogen-bond acceptors (Lipinski definition) is 3. The van der Waals surface area contributed by atoms with Gasteiger partial charge in [-0.1, -0.05) is 39.5 Å². The summed E-state index contributed by atoms with van der Waals surface area (Å²) in [4.78, 5) is 0. The average molecular weight is 276 g/mol. The lowest BCUT2D eigenvalue weighted by molar-refractivity contribution is -0.0579. The normalized spacial score (nSPS) is 13.3. The Kier molecular flexibility index (Phi) is 7.08. The summed E-state index contributed by atoms with van der Waals surface area (Å²) < 4.78 is 62.3. The number of alkyl halides is 3. The molecule has 0 fully saturated rings. The highest BCUT2D eigenvalue weighted by molar-refractivity contribution is 7.87. The van der Waals surface area contributed by atoms with Crippen molar-refractivity contribution in [2.45, 2.75) is 64.0 Å². The summed E-state index contributed by atoms with van der Waals surface area (Å²) in [6.07, 6.45) is 2.71. The van der Waals surface area contributed by atoms with E-state index < -0.39 is 21.7 Å². The molecule has 0 bridgehead atoms. The minimum Gasteiger partial charge on any atom is -0.260 e. The number of rotatable bonds is 8. The largest absolute Gasteiger partial charge is 0.523 e. The fourth-order valence-electron chi connectivity index (χ4n) is 1.34. The number of halogens is 3. The van der Waals surface area contributed by atoms with Gasteiger partial charge in [0.15, 0.2) is 0 Å². The van der Waals surface area contributed by atoms with E-state index in [2.05, 4.69) is 4.18 Å². The fourth-order valence-corrected chi connectivity index (χ4v) is 2.00. The maximum absolute atomic E-state index is 12.1. The van der Waals surface area contributed by atoms with Gasteiger partial charge in [0.1, 0.15) is 0 Å². The van der Waals surface area contributed by atoms with E-state index in [0.29, 0.717) is 25.7 Å². The van der Waals surface area contributed by atoms with Crippen molar-refractivity contribution in [3.8, 4) is 0 Å². The van der Waals surface area contributed by atoms with Crippen molar-refractivity contribution in [3.63, 3.8) is 0 Å². The third kappa shape index (κ3) is 6.26. The average Bonchev–Trinajstić information content (AvgIpc) is 2.20. The second-order valence-electron chi connectivity index (χ2n) is 3.90. The molecule has 0 aliphatic rings.